The predicted molar refractivity (Wildman–Crippen MR) is 77.3 cm³/mol. The van der Waals surface area contributed by atoms with Gasteiger partial charge in [0.05, 0.1) is 7.11 Å². The topological polar surface area (TPSA) is 34.2 Å². The van der Waals surface area contributed by atoms with E-state index in [1.54, 1.807) is 25.6 Å². The minimum absolute atomic E-state index is 0.00745. The van der Waals surface area contributed by atoms with Gasteiger partial charge in [-0.1, -0.05) is 6.92 Å². The van der Waals surface area contributed by atoms with E-state index in [0.29, 0.717) is 5.75 Å². The van der Waals surface area contributed by atoms with Crippen molar-refractivity contribution in [1.29, 1.82) is 0 Å². The molecule has 0 amide bonds. The highest BCUT2D eigenvalue weighted by Gasteiger charge is 2.16. The molecule has 20 heavy (non-hydrogen) atoms. The van der Waals surface area contributed by atoms with Gasteiger partial charge in [0.2, 0.25) is 0 Å². The first-order valence-corrected chi connectivity index (χ1v) is 6.70. The van der Waals surface area contributed by atoms with Crippen molar-refractivity contribution in [1.82, 2.24) is 10.3 Å². The van der Waals surface area contributed by atoms with Crippen molar-refractivity contribution in [2.75, 3.05) is 13.7 Å². The highest BCUT2D eigenvalue weighted by atomic mass is 19.1. The summed E-state index contributed by atoms with van der Waals surface area (Å²) in [5.41, 5.74) is 1.99. The van der Waals surface area contributed by atoms with E-state index >= 15 is 0 Å². The first-order valence-electron chi connectivity index (χ1n) is 6.70. The van der Waals surface area contributed by atoms with Crippen LogP contribution < -0.4 is 10.1 Å². The van der Waals surface area contributed by atoms with E-state index < -0.39 is 0 Å². The van der Waals surface area contributed by atoms with Crippen LogP contribution in [0, 0.1) is 5.82 Å². The maximum absolute atomic E-state index is 13.5. The Bertz CT molecular complexity index is 545. The molecule has 1 heterocycles. The summed E-state index contributed by atoms with van der Waals surface area (Å²) in [6, 6.07) is 8.56. The zero-order valence-corrected chi connectivity index (χ0v) is 11.8. The molecule has 2 rings (SSSR count). The third-order valence-corrected chi connectivity index (χ3v) is 3.21. The van der Waals surface area contributed by atoms with E-state index in [0.717, 1.165) is 24.1 Å². The lowest BCUT2D eigenvalue weighted by Gasteiger charge is -2.21. The summed E-state index contributed by atoms with van der Waals surface area (Å²) in [7, 11) is 1.60. The number of rotatable bonds is 6. The Balaban J connectivity index is 2.30. The summed E-state index contributed by atoms with van der Waals surface area (Å²) in [5, 5.41) is 3.38. The van der Waals surface area contributed by atoms with Crippen molar-refractivity contribution in [3.05, 3.63) is 59.7 Å². The minimum Gasteiger partial charge on any atom is -0.496 e. The van der Waals surface area contributed by atoms with E-state index in [1.807, 2.05) is 19.1 Å². The molecule has 2 aromatic rings. The normalized spacial score (nSPS) is 12.2. The van der Waals surface area contributed by atoms with Crippen LogP contribution in [0.25, 0.3) is 0 Å². The van der Waals surface area contributed by atoms with Crippen LogP contribution in [-0.2, 0) is 6.42 Å². The Kier molecular flexibility index (Phi) is 5.07. The van der Waals surface area contributed by atoms with Crippen molar-refractivity contribution in [2.45, 2.75) is 19.4 Å². The van der Waals surface area contributed by atoms with Crippen LogP contribution in [0.15, 0.2) is 42.7 Å². The summed E-state index contributed by atoms with van der Waals surface area (Å²) >= 11 is 0. The number of ether oxygens (including phenoxy) is 1. The number of hydrogen-bond donors (Lipinski definition) is 1. The van der Waals surface area contributed by atoms with Gasteiger partial charge in [0.1, 0.15) is 11.6 Å². The Labute approximate surface area is 118 Å². The first-order chi connectivity index (χ1) is 9.74. The molecule has 0 spiro atoms. The lowest BCUT2D eigenvalue weighted by Crippen LogP contribution is -2.23. The van der Waals surface area contributed by atoms with Crippen LogP contribution >= 0.6 is 0 Å². The largest absolute Gasteiger partial charge is 0.496 e. The molecule has 1 aromatic carbocycles. The molecule has 0 saturated heterocycles. The number of pyridine rings is 1. The van der Waals surface area contributed by atoms with Crippen LogP contribution in [0.2, 0.25) is 0 Å². The van der Waals surface area contributed by atoms with Crippen molar-refractivity contribution < 1.29 is 9.13 Å². The highest BCUT2D eigenvalue weighted by molar-refractivity contribution is 5.37. The molecule has 106 valence electrons. The second-order valence-electron chi connectivity index (χ2n) is 4.56. The molecule has 0 bridgehead atoms. The van der Waals surface area contributed by atoms with E-state index in [-0.39, 0.29) is 11.9 Å². The van der Waals surface area contributed by atoms with Gasteiger partial charge < -0.3 is 10.1 Å². The summed E-state index contributed by atoms with van der Waals surface area (Å²) in [6.45, 7) is 2.83. The van der Waals surface area contributed by atoms with Crippen LogP contribution in [0.5, 0.6) is 5.75 Å². The fourth-order valence-electron chi connectivity index (χ4n) is 2.27. The maximum atomic E-state index is 13.5. The molecule has 0 aliphatic carbocycles. The summed E-state index contributed by atoms with van der Waals surface area (Å²) in [5.74, 6) is 0.449. The van der Waals surface area contributed by atoms with Crippen molar-refractivity contribution in [2.24, 2.45) is 0 Å². The smallest absolute Gasteiger partial charge is 0.123 e. The van der Waals surface area contributed by atoms with E-state index in [4.69, 9.17) is 4.74 Å². The summed E-state index contributed by atoms with van der Waals surface area (Å²) < 4.78 is 18.9. The molecule has 0 aliphatic heterocycles. The summed E-state index contributed by atoms with van der Waals surface area (Å²) in [6.07, 6.45) is 4.29. The first kappa shape index (κ1) is 14.5. The second kappa shape index (κ2) is 7.01. The second-order valence-corrected chi connectivity index (χ2v) is 4.56. The van der Waals surface area contributed by atoms with Crippen LogP contribution in [-0.4, -0.2) is 18.6 Å². The van der Waals surface area contributed by atoms with Gasteiger partial charge >= 0.3 is 0 Å². The average Bonchev–Trinajstić information content (AvgIpc) is 2.48. The third kappa shape index (κ3) is 3.54. The predicted octanol–water partition coefficient (Wildman–Crippen LogP) is 3.12. The molecule has 1 aromatic heterocycles. The van der Waals surface area contributed by atoms with Crippen molar-refractivity contribution >= 4 is 0 Å². The molecule has 1 atom stereocenters. The van der Waals surface area contributed by atoms with E-state index in [1.165, 1.54) is 12.1 Å². The molecule has 3 nitrogen and oxygen atoms in total. The lowest BCUT2D eigenvalue weighted by molar-refractivity contribution is 0.397. The lowest BCUT2D eigenvalue weighted by atomic mass is 9.98. The average molecular weight is 274 g/mol. The van der Waals surface area contributed by atoms with Gasteiger partial charge in [-0.2, -0.15) is 0 Å². The quantitative estimate of drug-likeness (QED) is 0.878. The standard InChI is InChI=1S/C16H19FN2O/c1-3-19-15(10-12-6-8-18-9-7-12)14-11-13(17)4-5-16(14)20-2/h4-9,11,15,19H,3,10H2,1-2H3. The fraction of sp³-hybridized carbons (Fsp3) is 0.312. The molecule has 0 aliphatic rings. The van der Waals surface area contributed by atoms with Gasteiger partial charge in [-0.05, 0) is 48.9 Å². The van der Waals surface area contributed by atoms with Crippen molar-refractivity contribution in [3.63, 3.8) is 0 Å². The number of hydrogen-bond acceptors (Lipinski definition) is 3. The number of nitrogens with zero attached hydrogens (tertiary/aromatic N) is 1. The van der Waals surface area contributed by atoms with Gasteiger partial charge in [-0.3, -0.25) is 4.98 Å². The molecule has 4 heteroatoms. The van der Waals surface area contributed by atoms with Gasteiger partial charge in [-0.15, -0.1) is 0 Å². The summed E-state index contributed by atoms with van der Waals surface area (Å²) in [4.78, 5) is 4.01. The number of likely N-dealkylation sites (N-methyl/N-ethyl adjacent to an activating group) is 1. The number of benzene rings is 1. The van der Waals surface area contributed by atoms with Crippen molar-refractivity contribution in [3.8, 4) is 5.75 Å². The molecular weight excluding hydrogens is 255 g/mol. The van der Waals surface area contributed by atoms with Crippen LogP contribution in [0.1, 0.15) is 24.1 Å². The van der Waals surface area contributed by atoms with Gasteiger partial charge in [0.25, 0.3) is 0 Å². The molecule has 0 saturated carbocycles. The van der Waals surface area contributed by atoms with Gasteiger partial charge in [0.15, 0.2) is 0 Å². The third-order valence-electron chi connectivity index (χ3n) is 3.21. The Hall–Kier alpha value is -1.94. The highest BCUT2D eigenvalue weighted by Crippen LogP contribution is 2.28. The number of aromatic nitrogens is 1. The van der Waals surface area contributed by atoms with E-state index in [9.17, 15) is 4.39 Å². The SMILES string of the molecule is CCNC(Cc1ccncc1)c1cc(F)ccc1OC. The molecule has 1 unspecified atom stereocenters. The van der Waals surface area contributed by atoms with Crippen LogP contribution in [0.3, 0.4) is 0 Å². The van der Waals surface area contributed by atoms with E-state index in [2.05, 4.69) is 10.3 Å². The fourth-order valence-corrected chi connectivity index (χ4v) is 2.27. The minimum atomic E-state index is -0.251. The number of nitrogens with one attached hydrogen (secondary N) is 1. The number of methoxy groups -OCH3 is 1. The maximum Gasteiger partial charge on any atom is 0.123 e. The Morgan fingerprint density at radius 1 is 1.25 bits per heavy atom. The zero-order chi connectivity index (χ0) is 14.4. The monoisotopic (exact) mass is 274 g/mol. The Morgan fingerprint density at radius 2 is 2.00 bits per heavy atom. The molecular formula is C16H19FN2O. The van der Waals surface area contributed by atoms with Gasteiger partial charge in [0, 0.05) is 24.0 Å². The molecule has 1 N–H and O–H groups in total. The molecule has 0 radical (unpaired) electrons. The Morgan fingerprint density at radius 3 is 2.65 bits per heavy atom. The molecule has 0 fully saturated rings. The zero-order valence-electron chi connectivity index (χ0n) is 11.8. The van der Waals surface area contributed by atoms with Gasteiger partial charge in [-0.25, -0.2) is 4.39 Å². The number of halogens is 1. The van der Waals surface area contributed by atoms with Crippen LogP contribution in [0.4, 0.5) is 4.39 Å².